The maximum absolute atomic E-state index is 12.3. The maximum atomic E-state index is 12.3. The number of ether oxygens (including phenoxy) is 2. The van der Waals surface area contributed by atoms with Gasteiger partial charge in [-0.1, -0.05) is 19.1 Å². The average molecular weight is 361 g/mol. The molecule has 0 radical (unpaired) electrons. The van der Waals surface area contributed by atoms with Gasteiger partial charge >= 0.3 is 18.0 Å². The van der Waals surface area contributed by atoms with Crippen LogP contribution in [0, 0.1) is 6.92 Å². The molecule has 0 aliphatic carbocycles. The predicted molar refractivity (Wildman–Crippen MR) is 95.3 cm³/mol. The molecule has 0 unspecified atom stereocenters. The van der Waals surface area contributed by atoms with Gasteiger partial charge in [-0.05, 0) is 31.9 Å². The zero-order valence-electron chi connectivity index (χ0n) is 15.0. The Bertz CT molecular complexity index is 757. The van der Waals surface area contributed by atoms with Crippen LogP contribution in [0.15, 0.2) is 29.5 Å². The number of nitrogens with one attached hydrogen (secondary N) is 2. The lowest BCUT2D eigenvalue weighted by atomic mass is 10.0. The van der Waals surface area contributed by atoms with Crippen molar-refractivity contribution in [3.8, 4) is 0 Å². The Morgan fingerprint density at radius 2 is 1.92 bits per heavy atom. The van der Waals surface area contributed by atoms with Crippen LogP contribution >= 0.6 is 0 Å². The molecule has 1 aliphatic rings. The predicted octanol–water partition coefficient (Wildman–Crippen LogP) is 1.64. The van der Waals surface area contributed by atoms with Crippen molar-refractivity contribution in [2.75, 3.05) is 18.9 Å². The van der Waals surface area contributed by atoms with Gasteiger partial charge in [0.1, 0.15) is 6.61 Å². The van der Waals surface area contributed by atoms with E-state index in [0.717, 1.165) is 5.56 Å². The van der Waals surface area contributed by atoms with Gasteiger partial charge in [-0.3, -0.25) is 0 Å². The molecule has 8 nitrogen and oxygen atoms in total. The number of benzene rings is 1. The molecule has 2 rings (SSSR count). The Morgan fingerprint density at radius 1 is 1.19 bits per heavy atom. The molecule has 0 bridgehead atoms. The van der Waals surface area contributed by atoms with Gasteiger partial charge in [0.2, 0.25) is 0 Å². The molecule has 0 fully saturated rings. The topological polar surface area (TPSA) is 120 Å². The number of anilines is 1. The molecule has 0 spiro atoms. The Balaban J connectivity index is 2.25. The van der Waals surface area contributed by atoms with E-state index in [2.05, 4.69) is 10.6 Å². The highest BCUT2D eigenvalue weighted by atomic mass is 16.5. The summed E-state index contributed by atoms with van der Waals surface area (Å²) in [5, 5.41) is 5.18. The molecular weight excluding hydrogens is 338 g/mol. The number of carbonyl (C=O) groups excluding carboxylic acids is 3. The smallest absolute Gasteiger partial charge is 0.340 e. The van der Waals surface area contributed by atoms with E-state index >= 15 is 0 Å². The number of rotatable bonds is 6. The van der Waals surface area contributed by atoms with Crippen molar-refractivity contribution < 1.29 is 23.9 Å². The summed E-state index contributed by atoms with van der Waals surface area (Å²) in [4.78, 5) is 36.4. The molecule has 1 aliphatic heterocycles. The average Bonchev–Trinajstić information content (AvgIpc) is 2.61. The second-order valence-corrected chi connectivity index (χ2v) is 5.78. The third kappa shape index (κ3) is 4.14. The number of amides is 2. The van der Waals surface area contributed by atoms with Gasteiger partial charge in [-0.15, -0.1) is 0 Å². The van der Waals surface area contributed by atoms with Gasteiger partial charge in [-0.25, -0.2) is 14.4 Å². The van der Waals surface area contributed by atoms with Crippen LogP contribution in [0.2, 0.25) is 0 Å². The maximum Gasteiger partial charge on any atom is 0.340 e. The molecule has 1 atom stereocenters. The van der Waals surface area contributed by atoms with Crippen LogP contribution in [0.5, 0.6) is 0 Å². The molecule has 26 heavy (non-hydrogen) atoms. The highest BCUT2D eigenvalue weighted by Gasteiger charge is 2.32. The van der Waals surface area contributed by atoms with E-state index in [1.165, 1.54) is 0 Å². The molecule has 8 heteroatoms. The van der Waals surface area contributed by atoms with Gasteiger partial charge in [0.15, 0.2) is 0 Å². The number of urea groups is 1. The van der Waals surface area contributed by atoms with Crippen molar-refractivity contribution in [1.29, 1.82) is 0 Å². The quantitative estimate of drug-likeness (QED) is 0.523. The van der Waals surface area contributed by atoms with E-state index in [4.69, 9.17) is 15.2 Å². The summed E-state index contributed by atoms with van der Waals surface area (Å²) < 4.78 is 10.3. The molecule has 1 aromatic carbocycles. The van der Waals surface area contributed by atoms with Crippen molar-refractivity contribution >= 4 is 23.7 Å². The largest absolute Gasteiger partial charge is 0.463 e. The first kappa shape index (κ1) is 19.3. The molecule has 4 N–H and O–H groups in total. The Morgan fingerprint density at radius 3 is 2.58 bits per heavy atom. The van der Waals surface area contributed by atoms with Crippen molar-refractivity contribution in [3.63, 3.8) is 0 Å². The molecular formula is C18H23N3O5. The third-order valence-corrected chi connectivity index (χ3v) is 4.04. The standard InChI is InChI=1S/C18H23N3O5/c1-4-12-14(17(23)25-5-2)13(21-18(24)20-12)9-26-16(22)11-8-6-7-10(3)15(11)19/h6-8,12H,4-5,9,19H2,1-3H3,(H2,20,21,24)/t12-/m0/s1. The zero-order valence-corrected chi connectivity index (χ0v) is 15.0. The van der Waals surface area contributed by atoms with Crippen LogP contribution in [0.1, 0.15) is 36.2 Å². The van der Waals surface area contributed by atoms with Crippen molar-refractivity contribution in [3.05, 3.63) is 40.6 Å². The minimum absolute atomic E-state index is 0.194. The van der Waals surface area contributed by atoms with E-state index < -0.39 is 24.0 Å². The summed E-state index contributed by atoms with van der Waals surface area (Å²) in [6, 6.07) is 4.06. The van der Waals surface area contributed by atoms with Gasteiger partial charge in [0.25, 0.3) is 0 Å². The van der Waals surface area contributed by atoms with E-state index in [0.29, 0.717) is 12.1 Å². The second kappa shape index (κ2) is 8.37. The Hall–Kier alpha value is -3.03. The SMILES string of the molecule is CCOC(=O)C1=C(COC(=O)c2cccc(C)c2N)NC(=O)N[C@H]1CC. The number of esters is 2. The third-order valence-electron chi connectivity index (χ3n) is 4.04. The summed E-state index contributed by atoms with van der Waals surface area (Å²) in [6.07, 6.45) is 0.490. The molecule has 140 valence electrons. The van der Waals surface area contributed by atoms with Crippen LogP contribution in [0.25, 0.3) is 0 Å². The molecule has 1 heterocycles. The second-order valence-electron chi connectivity index (χ2n) is 5.78. The monoisotopic (exact) mass is 361 g/mol. The van der Waals surface area contributed by atoms with E-state index in [-0.39, 0.29) is 30.0 Å². The zero-order chi connectivity index (χ0) is 19.3. The summed E-state index contributed by atoms with van der Waals surface area (Å²) in [6.45, 7) is 5.22. The first-order chi connectivity index (χ1) is 12.4. The fourth-order valence-corrected chi connectivity index (χ4v) is 2.65. The van der Waals surface area contributed by atoms with Crippen molar-refractivity contribution in [2.45, 2.75) is 33.2 Å². The van der Waals surface area contributed by atoms with Crippen LogP contribution in [-0.2, 0) is 14.3 Å². The highest BCUT2D eigenvalue weighted by molar-refractivity contribution is 5.97. The summed E-state index contributed by atoms with van der Waals surface area (Å²) in [7, 11) is 0. The lowest BCUT2D eigenvalue weighted by molar-refractivity contribution is -0.139. The number of nitrogen functional groups attached to an aromatic ring is 1. The van der Waals surface area contributed by atoms with Crippen molar-refractivity contribution in [2.24, 2.45) is 0 Å². The molecule has 1 aromatic rings. The first-order valence-electron chi connectivity index (χ1n) is 8.38. The first-order valence-corrected chi connectivity index (χ1v) is 8.38. The van der Waals surface area contributed by atoms with Gasteiger partial charge in [0.05, 0.1) is 29.5 Å². The van der Waals surface area contributed by atoms with Gasteiger partial charge < -0.3 is 25.8 Å². The summed E-state index contributed by atoms with van der Waals surface area (Å²) >= 11 is 0. The molecule has 2 amide bonds. The minimum Gasteiger partial charge on any atom is -0.463 e. The number of hydrogen-bond donors (Lipinski definition) is 3. The molecule has 0 aromatic heterocycles. The van der Waals surface area contributed by atoms with Crippen LogP contribution in [0.4, 0.5) is 10.5 Å². The number of aryl methyl sites for hydroxylation is 1. The summed E-state index contributed by atoms with van der Waals surface area (Å²) in [5.41, 5.74) is 7.68. The molecule has 0 saturated carbocycles. The normalized spacial score (nSPS) is 16.6. The lowest BCUT2D eigenvalue weighted by Gasteiger charge is -2.28. The van der Waals surface area contributed by atoms with E-state index in [1.54, 1.807) is 32.0 Å². The fraction of sp³-hybridized carbons (Fsp3) is 0.389. The highest BCUT2D eigenvalue weighted by Crippen LogP contribution is 2.20. The number of hydrogen-bond acceptors (Lipinski definition) is 6. The number of carbonyl (C=O) groups is 3. The number of para-hydroxylation sites is 1. The van der Waals surface area contributed by atoms with Gasteiger partial charge in [-0.2, -0.15) is 0 Å². The van der Waals surface area contributed by atoms with Crippen molar-refractivity contribution in [1.82, 2.24) is 10.6 Å². The Labute approximate surface area is 151 Å². The van der Waals surface area contributed by atoms with Crippen LogP contribution in [-0.4, -0.2) is 37.2 Å². The van der Waals surface area contributed by atoms with Crippen LogP contribution < -0.4 is 16.4 Å². The minimum atomic E-state index is -0.636. The van der Waals surface area contributed by atoms with E-state index in [9.17, 15) is 14.4 Å². The number of nitrogens with two attached hydrogens (primary N) is 1. The van der Waals surface area contributed by atoms with Crippen LogP contribution in [0.3, 0.4) is 0 Å². The van der Waals surface area contributed by atoms with E-state index in [1.807, 2.05) is 6.92 Å². The Kier molecular flexibility index (Phi) is 6.21. The summed E-state index contributed by atoms with van der Waals surface area (Å²) in [5.74, 6) is -1.20. The molecule has 0 saturated heterocycles. The lowest BCUT2D eigenvalue weighted by Crippen LogP contribution is -2.51. The van der Waals surface area contributed by atoms with Gasteiger partial charge in [0, 0.05) is 5.69 Å². The fourth-order valence-electron chi connectivity index (χ4n) is 2.65.